The summed E-state index contributed by atoms with van der Waals surface area (Å²) in [6.45, 7) is 0.0703. The van der Waals surface area contributed by atoms with Crippen LogP contribution in [0.5, 0.6) is 5.75 Å². The maximum Gasteiger partial charge on any atom is 0.367 e. The van der Waals surface area contributed by atoms with Crippen molar-refractivity contribution in [3.05, 3.63) is 124 Å². The number of esters is 1. The molecule has 1 aromatic heterocycles. The van der Waals surface area contributed by atoms with Crippen molar-refractivity contribution in [1.29, 1.82) is 5.26 Å². The normalized spacial score (nSPS) is 11.7. The molecule has 0 spiro atoms. The number of phenolic OH excluding ortho intramolecular Hbond substituents is 1. The van der Waals surface area contributed by atoms with Crippen LogP contribution in [0.1, 0.15) is 26.4 Å². The quantitative estimate of drug-likeness (QED) is 0.142. The van der Waals surface area contributed by atoms with Gasteiger partial charge in [0.2, 0.25) is 0 Å². The molecule has 0 saturated heterocycles. The molecule has 42 heavy (non-hydrogen) atoms. The number of halogens is 1. The van der Waals surface area contributed by atoms with Gasteiger partial charge in [-0.2, -0.15) is 5.26 Å². The number of carbonyl (C=O) groups excluding carboxylic acids is 2. The molecular weight excluding hydrogens is 572 g/mol. The van der Waals surface area contributed by atoms with Crippen LogP contribution in [-0.2, 0) is 27.3 Å². The third-order valence-corrected chi connectivity index (χ3v) is 8.05. The van der Waals surface area contributed by atoms with Gasteiger partial charge in [0.15, 0.2) is 0 Å². The lowest BCUT2D eigenvalue weighted by molar-refractivity contribution is -0.177. The van der Waals surface area contributed by atoms with E-state index in [0.717, 1.165) is 32.3 Å². The molecule has 0 aliphatic carbocycles. The Kier molecular flexibility index (Phi) is 8.84. The molecule has 0 aliphatic heterocycles. The van der Waals surface area contributed by atoms with Gasteiger partial charge >= 0.3 is 11.9 Å². The molecule has 210 valence electrons. The minimum atomic E-state index is -0.981. The molecule has 9 heteroatoms. The van der Waals surface area contributed by atoms with Gasteiger partial charge in [-0.05, 0) is 82.2 Å². The van der Waals surface area contributed by atoms with Crippen LogP contribution in [-0.4, -0.2) is 35.3 Å². The first-order chi connectivity index (χ1) is 20.3. The molecule has 0 aliphatic rings. The average Bonchev–Trinajstić information content (AvgIpc) is 3.45. The molecule has 0 unspecified atom stereocenters. The van der Waals surface area contributed by atoms with Crippen molar-refractivity contribution >= 4 is 45.0 Å². The lowest BCUT2D eigenvalue weighted by Gasteiger charge is -2.28. The van der Waals surface area contributed by atoms with Crippen LogP contribution in [0.2, 0.25) is 5.02 Å². The molecule has 0 radical (unpaired) electrons. The first-order valence-corrected chi connectivity index (χ1v) is 14.2. The standard InChI is InChI=1S/C33H25ClN2O5S/c1-40-32(38)29(16-21-6-13-28(37)14-7-21)36(20-23-4-2-22(19-35)3-5-23)41-33(39)31-18-26-17-25(10-15-30(26)42-31)24-8-11-27(34)12-9-24/h2-15,17-18,29,37H,16,20H2,1H3/t29-/m0/s1. The second-order valence-corrected chi connectivity index (χ2v) is 11.1. The third kappa shape index (κ3) is 6.78. The fourth-order valence-electron chi connectivity index (χ4n) is 4.48. The van der Waals surface area contributed by atoms with E-state index in [1.54, 1.807) is 42.5 Å². The van der Waals surface area contributed by atoms with Crippen molar-refractivity contribution in [3.63, 3.8) is 0 Å². The Labute approximate surface area is 251 Å². The summed E-state index contributed by atoms with van der Waals surface area (Å²) in [6.07, 6.45) is 0.160. The van der Waals surface area contributed by atoms with Crippen LogP contribution in [0.15, 0.2) is 97.1 Å². The second kappa shape index (κ2) is 12.9. The van der Waals surface area contributed by atoms with E-state index in [9.17, 15) is 20.0 Å². The van der Waals surface area contributed by atoms with E-state index in [1.165, 1.54) is 35.6 Å². The summed E-state index contributed by atoms with van der Waals surface area (Å²) in [5.41, 5.74) is 3.93. The SMILES string of the molecule is COC(=O)[C@H](Cc1ccc(O)cc1)N(Cc1ccc(C#N)cc1)OC(=O)c1cc2cc(-c3ccc(Cl)cc3)ccc2s1. The third-order valence-electron chi connectivity index (χ3n) is 6.70. The van der Waals surface area contributed by atoms with E-state index in [4.69, 9.17) is 21.2 Å². The predicted molar refractivity (Wildman–Crippen MR) is 162 cm³/mol. The fourth-order valence-corrected chi connectivity index (χ4v) is 5.52. The number of ether oxygens (including phenoxy) is 1. The highest BCUT2D eigenvalue weighted by Crippen LogP contribution is 2.32. The molecule has 1 N–H and O–H groups in total. The van der Waals surface area contributed by atoms with Gasteiger partial charge in [-0.25, -0.2) is 4.79 Å². The Morgan fingerprint density at radius 2 is 1.60 bits per heavy atom. The van der Waals surface area contributed by atoms with Crippen LogP contribution in [0.3, 0.4) is 0 Å². The minimum absolute atomic E-state index is 0.0703. The number of aromatic hydroxyl groups is 1. The summed E-state index contributed by atoms with van der Waals surface area (Å²) in [4.78, 5) is 32.8. The molecule has 4 aromatic carbocycles. The number of methoxy groups -OCH3 is 1. The highest BCUT2D eigenvalue weighted by molar-refractivity contribution is 7.20. The summed E-state index contributed by atoms with van der Waals surface area (Å²) >= 11 is 7.33. The summed E-state index contributed by atoms with van der Waals surface area (Å²) in [5, 5.41) is 21.7. The Bertz CT molecular complexity index is 1760. The van der Waals surface area contributed by atoms with Crippen LogP contribution in [0, 0.1) is 11.3 Å². The number of fused-ring (bicyclic) bond motifs is 1. The van der Waals surface area contributed by atoms with Crippen LogP contribution < -0.4 is 0 Å². The number of hydrogen-bond acceptors (Lipinski definition) is 8. The Balaban J connectivity index is 1.44. The Morgan fingerprint density at radius 1 is 0.929 bits per heavy atom. The zero-order valence-electron chi connectivity index (χ0n) is 22.5. The predicted octanol–water partition coefficient (Wildman–Crippen LogP) is 7.16. The Morgan fingerprint density at radius 3 is 2.26 bits per heavy atom. The van der Waals surface area contributed by atoms with Crippen LogP contribution in [0.25, 0.3) is 21.2 Å². The summed E-state index contributed by atoms with van der Waals surface area (Å²) in [5.74, 6) is -1.11. The monoisotopic (exact) mass is 596 g/mol. The molecule has 5 rings (SSSR count). The number of rotatable bonds is 9. The number of nitriles is 1. The molecule has 1 atom stereocenters. The van der Waals surface area contributed by atoms with Gasteiger partial charge in [0.05, 0.1) is 25.3 Å². The second-order valence-electron chi connectivity index (χ2n) is 9.54. The number of thiophene rings is 1. The maximum atomic E-state index is 13.5. The molecule has 0 saturated carbocycles. The topological polar surface area (TPSA) is 99.9 Å². The van der Waals surface area contributed by atoms with Crippen LogP contribution >= 0.6 is 22.9 Å². The lowest BCUT2D eigenvalue weighted by Crippen LogP contribution is -2.44. The Hall–Kier alpha value is -4.68. The van der Waals surface area contributed by atoms with Gasteiger partial charge in [0.1, 0.15) is 16.7 Å². The summed E-state index contributed by atoms with van der Waals surface area (Å²) in [6, 6.07) is 29.6. The van der Waals surface area contributed by atoms with Gasteiger partial charge in [-0.3, -0.25) is 4.79 Å². The first kappa shape index (κ1) is 28.8. The van der Waals surface area contributed by atoms with Crippen molar-refractivity contribution in [2.24, 2.45) is 0 Å². The zero-order chi connectivity index (χ0) is 29.6. The van der Waals surface area contributed by atoms with E-state index in [-0.39, 0.29) is 18.7 Å². The highest BCUT2D eigenvalue weighted by Gasteiger charge is 2.31. The van der Waals surface area contributed by atoms with E-state index in [0.29, 0.717) is 15.5 Å². The van der Waals surface area contributed by atoms with Crippen molar-refractivity contribution in [2.45, 2.75) is 19.0 Å². The molecule has 0 amide bonds. The summed E-state index contributed by atoms with van der Waals surface area (Å²) in [7, 11) is 1.28. The van der Waals surface area contributed by atoms with Gasteiger partial charge < -0.3 is 14.7 Å². The average molecular weight is 597 g/mol. The smallest absolute Gasteiger partial charge is 0.367 e. The van der Waals surface area contributed by atoms with E-state index in [1.807, 2.05) is 42.5 Å². The number of benzene rings is 4. The molecular formula is C33H25ClN2O5S. The van der Waals surface area contributed by atoms with Crippen molar-refractivity contribution in [1.82, 2.24) is 5.06 Å². The summed E-state index contributed by atoms with van der Waals surface area (Å²) < 4.78 is 6.00. The van der Waals surface area contributed by atoms with Crippen molar-refractivity contribution in [3.8, 4) is 22.9 Å². The highest BCUT2D eigenvalue weighted by atomic mass is 35.5. The number of carbonyl (C=O) groups is 2. The lowest BCUT2D eigenvalue weighted by atomic mass is 10.0. The molecule has 0 bridgehead atoms. The van der Waals surface area contributed by atoms with Crippen LogP contribution in [0.4, 0.5) is 0 Å². The molecule has 7 nitrogen and oxygen atoms in total. The molecule has 1 heterocycles. The van der Waals surface area contributed by atoms with E-state index < -0.39 is 18.0 Å². The molecule has 5 aromatic rings. The number of hydroxylamine groups is 2. The van der Waals surface area contributed by atoms with Crippen molar-refractivity contribution < 1.29 is 24.3 Å². The van der Waals surface area contributed by atoms with Gasteiger partial charge in [0, 0.05) is 16.1 Å². The van der Waals surface area contributed by atoms with E-state index in [2.05, 4.69) is 6.07 Å². The zero-order valence-corrected chi connectivity index (χ0v) is 24.1. The molecule has 0 fully saturated rings. The fraction of sp³-hybridized carbons (Fsp3) is 0.121. The largest absolute Gasteiger partial charge is 0.508 e. The first-order valence-electron chi connectivity index (χ1n) is 13.0. The number of phenols is 1. The van der Waals surface area contributed by atoms with Crippen molar-refractivity contribution in [2.75, 3.05) is 7.11 Å². The maximum absolute atomic E-state index is 13.5. The number of hydrogen-bond donors (Lipinski definition) is 1. The van der Waals surface area contributed by atoms with Gasteiger partial charge in [-0.15, -0.1) is 16.4 Å². The van der Waals surface area contributed by atoms with Gasteiger partial charge in [0.25, 0.3) is 0 Å². The number of nitrogens with zero attached hydrogens (tertiary/aromatic N) is 2. The minimum Gasteiger partial charge on any atom is -0.508 e. The van der Waals surface area contributed by atoms with Gasteiger partial charge in [-0.1, -0.05) is 54.1 Å². The van der Waals surface area contributed by atoms with E-state index >= 15 is 0 Å².